The van der Waals surface area contributed by atoms with Crippen molar-refractivity contribution in [3.63, 3.8) is 0 Å². The lowest BCUT2D eigenvalue weighted by Crippen LogP contribution is -2.43. The Bertz CT molecular complexity index is 352. The largest absolute Gasteiger partial charge is 0.414 e. The molecule has 1 heterocycles. The van der Waals surface area contributed by atoms with Gasteiger partial charge in [0.1, 0.15) is 17.0 Å². The third-order valence-electron chi connectivity index (χ3n) is 4.74. The second-order valence-corrected chi connectivity index (χ2v) is 13.3. The second-order valence-electron chi connectivity index (χ2n) is 7.53. The van der Waals surface area contributed by atoms with E-state index in [1.165, 1.54) is 0 Å². The topological polar surface area (TPSA) is 35.5 Å². The molecule has 3 atom stereocenters. The number of unbranched alkanes of at least 4 members (excludes halogenated alkanes) is 2. The Hall–Kier alpha value is 0.287. The highest BCUT2D eigenvalue weighted by Crippen LogP contribution is 2.37. The Labute approximate surface area is 139 Å². The smallest absolute Gasteiger partial charge is 0.192 e. The summed E-state index contributed by atoms with van der Waals surface area (Å²) in [5.74, 6) is 0.190. The van der Waals surface area contributed by atoms with Crippen molar-refractivity contribution in [2.45, 2.75) is 88.5 Å². The number of carbonyl (C=O) groups excluding carboxylic acids is 1. The summed E-state index contributed by atoms with van der Waals surface area (Å²) < 4.78 is 12.1. The van der Waals surface area contributed by atoms with Gasteiger partial charge in [-0.15, -0.1) is 0 Å². The summed E-state index contributed by atoms with van der Waals surface area (Å²) in [6.07, 6.45) is 3.84. The van der Waals surface area contributed by atoms with Crippen LogP contribution in [0, 0.1) is 0 Å². The molecule has 3 nitrogen and oxygen atoms in total. The van der Waals surface area contributed by atoms with Crippen LogP contribution in [-0.2, 0) is 14.0 Å². The minimum Gasteiger partial charge on any atom is -0.414 e. The lowest BCUT2D eigenvalue weighted by atomic mass is 10.1. The first-order valence-corrected chi connectivity index (χ1v) is 11.9. The second kappa shape index (κ2) is 7.71. The van der Waals surface area contributed by atoms with Crippen molar-refractivity contribution in [1.82, 2.24) is 0 Å². The summed E-state index contributed by atoms with van der Waals surface area (Å²) in [6.45, 7) is 13.8. The van der Waals surface area contributed by atoms with E-state index in [9.17, 15) is 4.79 Å². The van der Waals surface area contributed by atoms with Gasteiger partial charge in [0.05, 0.1) is 6.61 Å². The van der Waals surface area contributed by atoms with E-state index in [0.29, 0.717) is 6.61 Å². The molecule has 124 valence electrons. The zero-order valence-corrected chi connectivity index (χ0v) is 17.0. The molecular formula is C16H31BrO3Si. The summed E-state index contributed by atoms with van der Waals surface area (Å²) in [5.41, 5.74) is 0. The van der Waals surface area contributed by atoms with E-state index in [1.807, 2.05) is 0 Å². The molecule has 1 rings (SSSR count). The maximum absolute atomic E-state index is 12.2. The number of halogens is 1. The van der Waals surface area contributed by atoms with E-state index >= 15 is 0 Å². The predicted octanol–water partition coefficient (Wildman–Crippen LogP) is 4.69. The highest BCUT2D eigenvalue weighted by Gasteiger charge is 2.44. The molecule has 0 aromatic carbocycles. The maximum Gasteiger partial charge on any atom is 0.192 e. The zero-order valence-electron chi connectivity index (χ0n) is 14.4. The van der Waals surface area contributed by atoms with Gasteiger partial charge in [0.2, 0.25) is 0 Å². The van der Waals surface area contributed by atoms with Gasteiger partial charge in [-0.05, 0) is 24.6 Å². The van der Waals surface area contributed by atoms with E-state index in [-0.39, 0.29) is 27.9 Å². The molecular weight excluding hydrogens is 348 g/mol. The first kappa shape index (κ1) is 19.3. The number of Topliss-reactive ketones (excluding diaryl/α,β-unsaturated/α-hetero) is 1. The van der Waals surface area contributed by atoms with Crippen LogP contribution >= 0.6 is 15.9 Å². The summed E-state index contributed by atoms with van der Waals surface area (Å²) in [6, 6.07) is 0. The van der Waals surface area contributed by atoms with Crippen LogP contribution in [0.5, 0.6) is 0 Å². The van der Waals surface area contributed by atoms with Crippen molar-refractivity contribution in [1.29, 1.82) is 0 Å². The average molecular weight is 379 g/mol. The van der Waals surface area contributed by atoms with Gasteiger partial charge in [-0.1, -0.05) is 62.9 Å². The van der Waals surface area contributed by atoms with E-state index < -0.39 is 8.32 Å². The number of hydrogen-bond acceptors (Lipinski definition) is 3. The van der Waals surface area contributed by atoms with E-state index in [2.05, 4.69) is 56.7 Å². The number of hydrogen-bond donors (Lipinski definition) is 0. The highest BCUT2D eigenvalue weighted by molar-refractivity contribution is 9.10. The molecule has 0 amide bonds. The van der Waals surface area contributed by atoms with Gasteiger partial charge < -0.3 is 9.16 Å². The fourth-order valence-electron chi connectivity index (χ4n) is 2.13. The Morgan fingerprint density at radius 2 is 1.90 bits per heavy atom. The third kappa shape index (κ3) is 5.15. The lowest BCUT2D eigenvalue weighted by Gasteiger charge is -2.37. The summed E-state index contributed by atoms with van der Waals surface area (Å²) in [4.78, 5) is 12.0. The normalized spacial score (nSPS) is 27.4. The van der Waals surface area contributed by atoms with Crippen molar-refractivity contribution in [2.24, 2.45) is 0 Å². The molecule has 1 aliphatic heterocycles. The zero-order chi connectivity index (χ0) is 16.3. The quantitative estimate of drug-likeness (QED) is 0.366. The molecule has 0 saturated carbocycles. The predicted molar refractivity (Wildman–Crippen MR) is 93.7 cm³/mol. The van der Waals surface area contributed by atoms with Gasteiger partial charge in [-0.2, -0.15) is 0 Å². The molecule has 0 aliphatic carbocycles. The van der Waals surface area contributed by atoms with Crippen molar-refractivity contribution in [3.8, 4) is 0 Å². The van der Waals surface area contributed by atoms with Gasteiger partial charge in [-0.3, -0.25) is 4.79 Å². The molecule has 0 radical (unpaired) electrons. The molecule has 0 bridgehead atoms. The van der Waals surface area contributed by atoms with Crippen LogP contribution in [0.1, 0.15) is 53.4 Å². The number of alkyl halides is 1. The fraction of sp³-hybridized carbons (Fsp3) is 0.938. The van der Waals surface area contributed by atoms with Gasteiger partial charge in [0, 0.05) is 0 Å². The number of carbonyl (C=O) groups is 1. The Morgan fingerprint density at radius 3 is 2.43 bits per heavy atom. The van der Waals surface area contributed by atoms with Crippen LogP contribution in [-0.4, -0.2) is 37.7 Å². The maximum atomic E-state index is 12.2. The van der Waals surface area contributed by atoms with Crippen LogP contribution in [0.4, 0.5) is 0 Å². The van der Waals surface area contributed by atoms with Crippen LogP contribution in [0.25, 0.3) is 0 Å². The molecule has 0 aromatic heterocycles. The standard InChI is InChI=1S/C16H31BrO3Si/c1-7-8-9-10-12-15(18)14(17)13(20-12)11-19-21(5,6)16(2,3)4/h12-14H,7-11H2,1-6H3/t12-,13+,14?/m0/s1. The Morgan fingerprint density at radius 1 is 1.29 bits per heavy atom. The first-order valence-electron chi connectivity index (χ1n) is 8.07. The molecule has 0 N–H and O–H groups in total. The minimum atomic E-state index is -1.79. The van der Waals surface area contributed by atoms with Gasteiger partial charge in [0.25, 0.3) is 0 Å². The van der Waals surface area contributed by atoms with E-state index in [1.54, 1.807) is 0 Å². The monoisotopic (exact) mass is 378 g/mol. The Kier molecular flexibility index (Phi) is 7.10. The fourth-order valence-corrected chi connectivity index (χ4v) is 3.71. The van der Waals surface area contributed by atoms with E-state index in [0.717, 1.165) is 25.7 Å². The molecule has 0 aromatic rings. The van der Waals surface area contributed by atoms with Crippen LogP contribution in [0.2, 0.25) is 18.1 Å². The van der Waals surface area contributed by atoms with Crippen molar-refractivity contribution < 1.29 is 14.0 Å². The van der Waals surface area contributed by atoms with Crippen molar-refractivity contribution >= 4 is 30.0 Å². The highest BCUT2D eigenvalue weighted by atomic mass is 79.9. The third-order valence-corrected chi connectivity index (χ3v) is 10.3. The minimum absolute atomic E-state index is 0.141. The molecule has 1 saturated heterocycles. The molecule has 1 unspecified atom stereocenters. The van der Waals surface area contributed by atoms with Gasteiger partial charge >= 0.3 is 0 Å². The molecule has 1 fully saturated rings. The number of ether oxygens (including phenoxy) is 1. The lowest BCUT2D eigenvalue weighted by molar-refractivity contribution is -0.122. The Balaban J connectivity index is 2.52. The number of rotatable bonds is 7. The summed E-state index contributed by atoms with van der Waals surface area (Å²) in [7, 11) is -1.79. The van der Waals surface area contributed by atoms with Crippen molar-refractivity contribution in [3.05, 3.63) is 0 Å². The van der Waals surface area contributed by atoms with Crippen LogP contribution in [0.15, 0.2) is 0 Å². The van der Waals surface area contributed by atoms with Crippen molar-refractivity contribution in [2.75, 3.05) is 6.61 Å². The summed E-state index contributed by atoms with van der Waals surface area (Å²) in [5, 5.41) is 0.179. The van der Waals surface area contributed by atoms with Crippen LogP contribution < -0.4 is 0 Å². The number of ketones is 1. The van der Waals surface area contributed by atoms with Gasteiger partial charge in [-0.25, -0.2) is 0 Å². The van der Waals surface area contributed by atoms with E-state index in [4.69, 9.17) is 9.16 Å². The molecule has 1 aliphatic rings. The van der Waals surface area contributed by atoms with Gasteiger partial charge in [0.15, 0.2) is 14.1 Å². The summed E-state index contributed by atoms with van der Waals surface area (Å²) >= 11 is 3.50. The average Bonchev–Trinajstić information content (AvgIpc) is 2.64. The molecule has 21 heavy (non-hydrogen) atoms. The SMILES string of the molecule is CCCCC[C@@H]1O[C@H](CO[Si](C)(C)C(C)(C)C)C(Br)C1=O. The molecule has 5 heteroatoms. The first-order chi connectivity index (χ1) is 9.60. The van der Waals surface area contributed by atoms with Crippen LogP contribution in [0.3, 0.4) is 0 Å². The molecule has 0 spiro atoms.